The molecule has 2 heterocycles. The molecule has 9 heteroatoms. The minimum atomic E-state index is -3.16. The second kappa shape index (κ2) is 6.97. The summed E-state index contributed by atoms with van der Waals surface area (Å²) in [5.41, 5.74) is 0.618. The minimum absolute atomic E-state index is 0.112. The summed E-state index contributed by atoms with van der Waals surface area (Å²) < 4.78 is 29.0. The maximum absolute atomic E-state index is 12.2. The normalized spacial score (nSPS) is 19.5. The van der Waals surface area contributed by atoms with Crippen LogP contribution in [0.3, 0.4) is 0 Å². The molecule has 1 aromatic heterocycles. The molecule has 1 aliphatic rings. The van der Waals surface area contributed by atoms with Gasteiger partial charge in [-0.05, 0) is 0 Å². The van der Waals surface area contributed by atoms with Gasteiger partial charge < -0.3 is 9.64 Å². The average molecular weight is 350 g/mol. The van der Waals surface area contributed by atoms with Gasteiger partial charge in [-0.3, -0.25) is 4.79 Å². The number of methoxy groups -OCH3 is 1. The standard InChI is InChI=1S/C12H18N2O4S3/c1-3-21(16,17)10-8-19-5-4-14(10)12-13-9(7-20-12)6-11(15)18-2/h7,10H,3-6,8H2,1-2H3. The van der Waals surface area contributed by atoms with E-state index < -0.39 is 15.2 Å². The van der Waals surface area contributed by atoms with Crippen LogP contribution in [-0.2, 0) is 25.8 Å². The Labute approximate surface area is 132 Å². The van der Waals surface area contributed by atoms with Gasteiger partial charge in [-0.25, -0.2) is 13.4 Å². The largest absolute Gasteiger partial charge is 0.469 e. The number of esters is 1. The molecule has 0 spiro atoms. The van der Waals surface area contributed by atoms with Crippen molar-refractivity contribution < 1.29 is 17.9 Å². The topological polar surface area (TPSA) is 76.6 Å². The summed E-state index contributed by atoms with van der Waals surface area (Å²) in [6.07, 6.45) is 0.112. The lowest BCUT2D eigenvalue weighted by molar-refractivity contribution is -0.139. The predicted octanol–water partition coefficient (Wildman–Crippen LogP) is 1.17. The molecule has 1 saturated heterocycles. The Morgan fingerprint density at radius 1 is 1.57 bits per heavy atom. The molecule has 0 radical (unpaired) electrons. The van der Waals surface area contributed by atoms with Crippen LogP contribution in [0.4, 0.5) is 5.13 Å². The quantitative estimate of drug-likeness (QED) is 0.738. The number of hydrogen-bond donors (Lipinski definition) is 0. The van der Waals surface area contributed by atoms with Gasteiger partial charge in [0, 0.05) is 29.2 Å². The third-order valence-corrected chi connectivity index (χ3v) is 7.46. The van der Waals surface area contributed by atoms with Gasteiger partial charge in [-0.1, -0.05) is 6.92 Å². The third-order valence-electron chi connectivity index (χ3n) is 3.24. The molecule has 0 saturated carbocycles. The van der Waals surface area contributed by atoms with Crippen molar-refractivity contribution in [2.75, 3.05) is 35.8 Å². The maximum Gasteiger partial charge on any atom is 0.311 e. The van der Waals surface area contributed by atoms with Gasteiger partial charge in [-0.2, -0.15) is 11.8 Å². The lowest BCUT2D eigenvalue weighted by atomic mass is 10.3. The van der Waals surface area contributed by atoms with Crippen molar-refractivity contribution >= 4 is 44.0 Å². The van der Waals surface area contributed by atoms with Crippen molar-refractivity contribution in [2.45, 2.75) is 18.7 Å². The Hall–Kier alpha value is -0.800. The first kappa shape index (κ1) is 16.6. The summed E-state index contributed by atoms with van der Waals surface area (Å²) in [6.45, 7) is 2.32. The summed E-state index contributed by atoms with van der Waals surface area (Å²) in [4.78, 5) is 17.5. The van der Waals surface area contributed by atoms with Crippen molar-refractivity contribution in [1.29, 1.82) is 0 Å². The summed E-state index contributed by atoms with van der Waals surface area (Å²) in [5, 5.41) is 1.92. The Bertz CT molecular complexity index is 599. The van der Waals surface area contributed by atoms with Crippen LogP contribution in [0, 0.1) is 0 Å². The second-order valence-electron chi connectivity index (χ2n) is 4.55. The number of thioether (sulfide) groups is 1. The van der Waals surface area contributed by atoms with Gasteiger partial charge in [0.2, 0.25) is 0 Å². The van der Waals surface area contributed by atoms with Gasteiger partial charge in [0.25, 0.3) is 0 Å². The van der Waals surface area contributed by atoms with Crippen molar-refractivity contribution in [2.24, 2.45) is 0 Å². The minimum Gasteiger partial charge on any atom is -0.469 e. The highest BCUT2D eigenvalue weighted by molar-refractivity contribution is 8.01. The van der Waals surface area contributed by atoms with Crippen LogP contribution in [0.2, 0.25) is 0 Å². The van der Waals surface area contributed by atoms with Crippen molar-refractivity contribution in [3.05, 3.63) is 11.1 Å². The highest BCUT2D eigenvalue weighted by Gasteiger charge is 2.34. The number of sulfone groups is 1. The van der Waals surface area contributed by atoms with E-state index in [1.165, 1.54) is 18.4 Å². The van der Waals surface area contributed by atoms with E-state index in [2.05, 4.69) is 9.72 Å². The van der Waals surface area contributed by atoms with Crippen LogP contribution in [0.5, 0.6) is 0 Å². The fourth-order valence-electron chi connectivity index (χ4n) is 2.02. The lowest BCUT2D eigenvalue weighted by Gasteiger charge is -2.34. The molecule has 1 unspecified atom stereocenters. The molecule has 1 fully saturated rings. The zero-order chi connectivity index (χ0) is 15.5. The molecule has 1 aromatic rings. The third kappa shape index (κ3) is 3.89. The van der Waals surface area contributed by atoms with Crippen LogP contribution in [0.15, 0.2) is 5.38 Å². The van der Waals surface area contributed by atoms with Crippen LogP contribution < -0.4 is 4.90 Å². The lowest BCUT2D eigenvalue weighted by Crippen LogP contribution is -2.48. The maximum atomic E-state index is 12.2. The SMILES string of the molecule is CCS(=O)(=O)C1CSCCN1c1nc(CC(=O)OC)cs1. The van der Waals surface area contributed by atoms with Crippen LogP contribution in [0.25, 0.3) is 0 Å². The van der Waals surface area contributed by atoms with Crippen LogP contribution in [0.1, 0.15) is 12.6 Å². The zero-order valence-electron chi connectivity index (χ0n) is 11.9. The number of ether oxygens (including phenoxy) is 1. The van der Waals surface area contributed by atoms with Gasteiger partial charge >= 0.3 is 5.97 Å². The zero-order valence-corrected chi connectivity index (χ0v) is 14.4. The van der Waals surface area contributed by atoms with Crippen molar-refractivity contribution in [1.82, 2.24) is 4.98 Å². The Morgan fingerprint density at radius 2 is 2.33 bits per heavy atom. The summed E-state index contributed by atoms with van der Waals surface area (Å²) in [6, 6.07) is 0. The Kier molecular flexibility index (Phi) is 5.50. The fourth-order valence-corrected chi connectivity index (χ4v) is 5.96. The average Bonchev–Trinajstić information content (AvgIpc) is 2.95. The first-order valence-corrected chi connectivity index (χ1v) is 10.3. The van der Waals surface area contributed by atoms with Crippen molar-refractivity contribution in [3.63, 3.8) is 0 Å². The molecule has 0 N–H and O–H groups in total. The number of aromatic nitrogens is 1. The molecule has 118 valence electrons. The number of thiazole rings is 1. The Morgan fingerprint density at radius 3 is 3.00 bits per heavy atom. The monoisotopic (exact) mass is 350 g/mol. The number of nitrogens with zero attached hydrogens (tertiary/aromatic N) is 2. The highest BCUT2D eigenvalue weighted by atomic mass is 32.2. The molecule has 1 aliphatic heterocycles. The Balaban J connectivity index is 2.20. The molecule has 21 heavy (non-hydrogen) atoms. The summed E-state index contributed by atoms with van der Waals surface area (Å²) >= 11 is 3.02. The van der Waals surface area contributed by atoms with Gasteiger partial charge in [-0.15, -0.1) is 11.3 Å². The molecule has 0 aromatic carbocycles. The highest BCUT2D eigenvalue weighted by Crippen LogP contribution is 2.30. The molecule has 0 bridgehead atoms. The number of hydrogen-bond acceptors (Lipinski definition) is 8. The number of anilines is 1. The van der Waals surface area contributed by atoms with E-state index in [-0.39, 0.29) is 18.1 Å². The van der Waals surface area contributed by atoms with Crippen molar-refractivity contribution in [3.8, 4) is 0 Å². The van der Waals surface area contributed by atoms with Gasteiger partial charge in [0.05, 0.1) is 19.2 Å². The molecule has 2 rings (SSSR count). The molecular weight excluding hydrogens is 332 g/mol. The van der Waals surface area contributed by atoms with Gasteiger partial charge in [0.1, 0.15) is 5.37 Å². The van der Waals surface area contributed by atoms with E-state index in [0.717, 1.165) is 5.75 Å². The van der Waals surface area contributed by atoms with E-state index in [1.807, 2.05) is 4.90 Å². The van der Waals surface area contributed by atoms with E-state index in [4.69, 9.17) is 0 Å². The number of rotatable bonds is 5. The molecule has 1 atom stereocenters. The van der Waals surface area contributed by atoms with Crippen LogP contribution in [-0.4, -0.2) is 55.7 Å². The number of carbonyl (C=O) groups excluding carboxylic acids is 1. The van der Waals surface area contributed by atoms with Gasteiger partial charge in [0.15, 0.2) is 15.0 Å². The van der Waals surface area contributed by atoms with E-state index >= 15 is 0 Å². The summed E-state index contributed by atoms with van der Waals surface area (Å²) in [5.74, 6) is 1.21. The van der Waals surface area contributed by atoms with E-state index in [9.17, 15) is 13.2 Å². The van der Waals surface area contributed by atoms with E-state index in [0.29, 0.717) is 23.1 Å². The first-order chi connectivity index (χ1) is 9.97. The molecular formula is C12H18N2O4S3. The van der Waals surface area contributed by atoms with Crippen LogP contribution >= 0.6 is 23.1 Å². The first-order valence-electron chi connectivity index (χ1n) is 6.55. The smallest absolute Gasteiger partial charge is 0.311 e. The fraction of sp³-hybridized carbons (Fsp3) is 0.667. The number of carbonyl (C=O) groups is 1. The molecule has 0 aliphatic carbocycles. The predicted molar refractivity (Wildman–Crippen MR) is 85.8 cm³/mol. The molecule has 6 nitrogen and oxygen atoms in total. The second-order valence-corrected chi connectivity index (χ2v) is 8.98. The van der Waals surface area contributed by atoms with E-state index in [1.54, 1.807) is 24.1 Å². The summed E-state index contributed by atoms with van der Waals surface area (Å²) in [7, 11) is -1.82. The molecule has 0 amide bonds.